The molecule has 4 rings (SSSR count). The molecule has 0 saturated heterocycles. The Morgan fingerprint density at radius 2 is 1.93 bits per heavy atom. The van der Waals surface area contributed by atoms with Gasteiger partial charge in [0.25, 0.3) is 5.91 Å². The molecule has 0 aliphatic carbocycles. The lowest BCUT2D eigenvalue weighted by atomic mass is 10.00. The number of amides is 1. The second-order valence-corrected chi connectivity index (χ2v) is 6.36. The largest absolute Gasteiger partial charge is 0.398 e. The first kappa shape index (κ1) is 18.9. The van der Waals surface area contributed by atoms with Gasteiger partial charge in [0, 0.05) is 24.3 Å². The molecule has 0 radical (unpaired) electrons. The van der Waals surface area contributed by atoms with Gasteiger partial charge in [0.2, 0.25) is 5.82 Å². The van der Waals surface area contributed by atoms with Gasteiger partial charge in [-0.2, -0.15) is 0 Å². The van der Waals surface area contributed by atoms with Crippen LogP contribution in [0.3, 0.4) is 0 Å². The average molecular weight is 384 g/mol. The number of nitrogen functional groups attached to an aromatic ring is 1. The van der Waals surface area contributed by atoms with Crippen molar-refractivity contribution >= 4 is 29.7 Å². The summed E-state index contributed by atoms with van der Waals surface area (Å²) in [6.45, 7) is 2.66. The van der Waals surface area contributed by atoms with Crippen molar-refractivity contribution in [3.63, 3.8) is 0 Å². The quantitative estimate of drug-likeness (QED) is 0.703. The summed E-state index contributed by atoms with van der Waals surface area (Å²) in [5.41, 5.74) is 9.63. The number of para-hydroxylation sites is 1. The molecule has 0 bridgehead atoms. The highest BCUT2D eigenvalue weighted by molar-refractivity contribution is 6.04. The Bertz CT molecular complexity index is 954. The fourth-order valence-electron chi connectivity index (χ4n) is 3.42. The van der Waals surface area contributed by atoms with Crippen LogP contribution in [0.5, 0.6) is 0 Å². The topological polar surface area (TPSA) is 77.0 Å². The third-order valence-electron chi connectivity index (χ3n) is 4.71. The Balaban J connectivity index is 0.00000210. The van der Waals surface area contributed by atoms with Crippen molar-refractivity contribution < 1.29 is 4.79 Å². The summed E-state index contributed by atoms with van der Waals surface area (Å²) >= 11 is 0. The number of hydrogen-bond donors (Lipinski definition) is 1. The molecule has 0 atom stereocenters. The Hall–Kier alpha value is -2.86. The highest BCUT2D eigenvalue weighted by Crippen LogP contribution is 2.32. The molecule has 3 aromatic rings. The molecule has 27 heavy (non-hydrogen) atoms. The van der Waals surface area contributed by atoms with E-state index in [1.807, 2.05) is 55.5 Å². The van der Waals surface area contributed by atoms with E-state index in [1.165, 1.54) is 0 Å². The molecule has 1 aromatic heterocycles. The van der Waals surface area contributed by atoms with E-state index in [0.717, 1.165) is 41.3 Å². The van der Waals surface area contributed by atoms with Crippen LogP contribution in [-0.4, -0.2) is 27.2 Å². The zero-order valence-corrected chi connectivity index (χ0v) is 15.9. The fourth-order valence-corrected chi connectivity index (χ4v) is 3.42. The summed E-state index contributed by atoms with van der Waals surface area (Å²) in [5.74, 6) is 0.811. The van der Waals surface area contributed by atoms with Crippen molar-refractivity contribution in [1.29, 1.82) is 0 Å². The number of nitrogens with zero attached hydrogens (tertiary/aromatic N) is 4. The first-order valence-corrected chi connectivity index (χ1v) is 8.89. The van der Waals surface area contributed by atoms with E-state index in [1.54, 1.807) is 9.58 Å². The van der Waals surface area contributed by atoms with Crippen molar-refractivity contribution in [3.8, 4) is 5.69 Å². The molecule has 1 amide bonds. The molecule has 0 unspecified atom stereocenters. The van der Waals surface area contributed by atoms with Crippen molar-refractivity contribution in [2.45, 2.75) is 26.2 Å². The molecular weight excluding hydrogens is 362 g/mol. The molecule has 1 aliphatic heterocycles. The van der Waals surface area contributed by atoms with Crippen LogP contribution in [0.4, 0.5) is 11.4 Å². The van der Waals surface area contributed by atoms with E-state index < -0.39 is 0 Å². The summed E-state index contributed by atoms with van der Waals surface area (Å²) in [5, 5.41) is 4.50. The van der Waals surface area contributed by atoms with E-state index in [0.29, 0.717) is 13.0 Å². The Morgan fingerprint density at radius 3 is 2.67 bits per heavy atom. The molecule has 0 saturated carbocycles. The third kappa shape index (κ3) is 3.40. The summed E-state index contributed by atoms with van der Waals surface area (Å²) in [7, 11) is 0. The number of fused-ring (bicyclic) bond motifs is 1. The standard InChI is InChI=1S/C20H21N5O.ClH/c1-2-18-22-19(23-25(18)14-8-4-3-5-9-14)20(26)24-13-7-10-15-16(21)11-6-12-17(15)24;/h3-6,8-9,11-12H,2,7,10,13,21H2,1H3;1H. The molecule has 1 aliphatic rings. The number of aryl methyl sites for hydroxylation is 1. The first-order valence-electron chi connectivity index (χ1n) is 8.89. The highest BCUT2D eigenvalue weighted by atomic mass is 35.5. The lowest BCUT2D eigenvalue weighted by molar-refractivity contribution is 0.0975. The predicted octanol–water partition coefficient (Wildman–Crippen LogP) is 3.43. The van der Waals surface area contributed by atoms with Crippen LogP contribution in [0.25, 0.3) is 5.69 Å². The lowest BCUT2D eigenvalue weighted by Crippen LogP contribution is -2.36. The number of carbonyl (C=O) groups is 1. The number of anilines is 2. The van der Waals surface area contributed by atoms with Gasteiger partial charge in [0.15, 0.2) is 0 Å². The van der Waals surface area contributed by atoms with Crippen LogP contribution in [-0.2, 0) is 12.8 Å². The monoisotopic (exact) mass is 383 g/mol. The molecule has 7 heteroatoms. The minimum atomic E-state index is -0.180. The van der Waals surface area contributed by atoms with Crippen LogP contribution in [0.15, 0.2) is 48.5 Å². The smallest absolute Gasteiger partial charge is 0.297 e. The molecule has 2 aromatic carbocycles. The van der Waals surface area contributed by atoms with Crippen LogP contribution in [0.2, 0.25) is 0 Å². The van der Waals surface area contributed by atoms with Crippen LogP contribution >= 0.6 is 12.4 Å². The van der Waals surface area contributed by atoms with Gasteiger partial charge in [-0.25, -0.2) is 9.67 Å². The van der Waals surface area contributed by atoms with Crippen LogP contribution < -0.4 is 10.6 Å². The number of halogens is 1. The van der Waals surface area contributed by atoms with Gasteiger partial charge in [-0.3, -0.25) is 4.79 Å². The second kappa shape index (κ2) is 7.80. The number of hydrogen-bond acceptors (Lipinski definition) is 4. The highest BCUT2D eigenvalue weighted by Gasteiger charge is 2.28. The predicted molar refractivity (Wildman–Crippen MR) is 109 cm³/mol. The minimum absolute atomic E-state index is 0. The van der Waals surface area contributed by atoms with E-state index in [-0.39, 0.29) is 24.1 Å². The maximum atomic E-state index is 13.1. The minimum Gasteiger partial charge on any atom is -0.398 e. The van der Waals surface area contributed by atoms with Crippen molar-refractivity contribution in [2.75, 3.05) is 17.2 Å². The van der Waals surface area contributed by atoms with Crippen LogP contribution in [0.1, 0.15) is 35.4 Å². The zero-order valence-electron chi connectivity index (χ0n) is 15.1. The van der Waals surface area contributed by atoms with Crippen molar-refractivity contribution in [3.05, 3.63) is 65.7 Å². The summed E-state index contributed by atoms with van der Waals surface area (Å²) in [4.78, 5) is 19.4. The van der Waals surface area contributed by atoms with E-state index in [9.17, 15) is 4.79 Å². The SMILES string of the molecule is CCc1nc(C(=O)N2CCCc3c(N)cccc32)nn1-c1ccccc1.Cl. The first-order chi connectivity index (χ1) is 12.7. The van der Waals surface area contributed by atoms with Crippen molar-refractivity contribution in [2.24, 2.45) is 0 Å². The maximum absolute atomic E-state index is 13.1. The second-order valence-electron chi connectivity index (χ2n) is 6.36. The van der Waals surface area contributed by atoms with Crippen LogP contribution in [0, 0.1) is 0 Å². The molecule has 2 N–H and O–H groups in total. The molecule has 140 valence electrons. The molecular formula is C20H22ClN5O. The number of aromatic nitrogens is 3. The molecule has 6 nitrogen and oxygen atoms in total. The van der Waals surface area contributed by atoms with E-state index in [2.05, 4.69) is 10.1 Å². The number of nitrogens with two attached hydrogens (primary N) is 1. The summed E-state index contributed by atoms with van der Waals surface area (Å²) in [6.07, 6.45) is 2.46. The van der Waals surface area contributed by atoms with Crippen molar-refractivity contribution in [1.82, 2.24) is 14.8 Å². The average Bonchev–Trinajstić information content (AvgIpc) is 3.12. The Labute approximate surface area is 164 Å². The van der Waals surface area contributed by atoms with Gasteiger partial charge in [0.1, 0.15) is 5.82 Å². The van der Waals surface area contributed by atoms with Gasteiger partial charge < -0.3 is 10.6 Å². The molecule has 0 fully saturated rings. The normalized spacial score (nSPS) is 13.0. The number of benzene rings is 2. The van der Waals surface area contributed by atoms with Gasteiger partial charge in [0.05, 0.1) is 5.69 Å². The Morgan fingerprint density at radius 1 is 1.15 bits per heavy atom. The molecule has 2 heterocycles. The molecule has 0 spiro atoms. The van der Waals surface area contributed by atoms with E-state index in [4.69, 9.17) is 5.73 Å². The zero-order chi connectivity index (χ0) is 18.1. The van der Waals surface area contributed by atoms with Gasteiger partial charge >= 0.3 is 0 Å². The fraction of sp³-hybridized carbons (Fsp3) is 0.250. The lowest BCUT2D eigenvalue weighted by Gasteiger charge is -2.29. The third-order valence-corrected chi connectivity index (χ3v) is 4.71. The van der Waals surface area contributed by atoms with Gasteiger partial charge in [-0.15, -0.1) is 17.5 Å². The summed E-state index contributed by atoms with van der Waals surface area (Å²) in [6, 6.07) is 15.5. The number of rotatable bonds is 3. The van der Waals surface area contributed by atoms with E-state index >= 15 is 0 Å². The van der Waals surface area contributed by atoms with Gasteiger partial charge in [-0.05, 0) is 42.7 Å². The summed E-state index contributed by atoms with van der Waals surface area (Å²) < 4.78 is 1.75. The Kier molecular flexibility index (Phi) is 5.46. The number of carbonyl (C=O) groups excluding carboxylic acids is 1. The maximum Gasteiger partial charge on any atom is 0.297 e. The van der Waals surface area contributed by atoms with Gasteiger partial charge in [-0.1, -0.05) is 31.2 Å².